The fraction of sp³-hybridized carbons (Fsp3) is 0. The highest BCUT2D eigenvalue weighted by molar-refractivity contribution is 8.69. The summed E-state index contributed by atoms with van der Waals surface area (Å²) in [6.07, 6.45) is 0. The molecule has 17 heavy (non-hydrogen) atoms. The molecule has 2 aromatic carbocycles. The molecule has 0 fully saturated rings. The van der Waals surface area contributed by atoms with Crippen LogP contribution in [0.5, 0.6) is 0 Å². The Kier molecular flexibility index (Phi) is 3.91. The van der Waals surface area contributed by atoms with Crippen LogP contribution in [0, 0.1) is 11.6 Å². The molecule has 0 aliphatic carbocycles. The maximum Gasteiger partial charge on any atom is 0.124 e. The minimum absolute atomic E-state index is 0.374. The lowest BCUT2D eigenvalue weighted by molar-refractivity contribution is 0.623. The average molecular weight is 270 g/mol. The second-order valence-electron chi connectivity index (χ2n) is 3.23. The highest BCUT2D eigenvalue weighted by Gasteiger charge is 2.07. The van der Waals surface area contributed by atoms with E-state index in [9.17, 15) is 13.0 Å². The number of rotatable bonds is 3. The van der Waals surface area contributed by atoms with Crippen molar-refractivity contribution in [1.29, 1.82) is 0 Å². The smallest absolute Gasteiger partial charge is 0.124 e. The molecule has 0 radical (unpaired) electrons. The third-order valence-corrected chi connectivity index (χ3v) is 4.80. The molecule has 1 nitrogen and oxygen atoms in total. The zero-order chi connectivity index (χ0) is 12.3. The number of hydrogen-bond donors (Lipinski definition) is 0. The van der Waals surface area contributed by atoms with Gasteiger partial charge < -0.3 is 0 Å². The highest BCUT2D eigenvalue weighted by atomic mass is 33.1. The molecule has 1 atom stereocenters. The van der Waals surface area contributed by atoms with Crippen molar-refractivity contribution in [3.8, 4) is 0 Å². The highest BCUT2D eigenvalue weighted by Crippen LogP contribution is 2.27. The van der Waals surface area contributed by atoms with Gasteiger partial charge in [0.1, 0.15) is 21.5 Å². The molecule has 0 saturated carbocycles. The van der Waals surface area contributed by atoms with Crippen molar-refractivity contribution < 1.29 is 13.0 Å². The van der Waals surface area contributed by atoms with Gasteiger partial charge in [0.2, 0.25) is 0 Å². The fourth-order valence-electron chi connectivity index (χ4n) is 1.23. The lowest BCUT2D eigenvalue weighted by Crippen LogP contribution is -1.87. The Morgan fingerprint density at radius 1 is 0.941 bits per heavy atom. The molecular weight excluding hydrogens is 262 g/mol. The molecule has 0 saturated heterocycles. The van der Waals surface area contributed by atoms with Gasteiger partial charge in [-0.2, -0.15) is 0 Å². The van der Waals surface area contributed by atoms with E-state index in [2.05, 4.69) is 0 Å². The van der Waals surface area contributed by atoms with Crippen molar-refractivity contribution in [2.45, 2.75) is 9.79 Å². The largest absolute Gasteiger partial charge is 0.242 e. The number of benzene rings is 2. The summed E-state index contributed by atoms with van der Waals surface area (Å²) in [5.41, 5.74) is 0. The normalized spacial score (nSPS) is 12.4. The Bertz CT molecular complexity index is 558. The van der Waals surface area contributed by atoms with Gasteiger partial charge in [-0.25, -0.2) is 13.0 Å². The number of halogens is 2. The van der Waals surface area contributed by atoms with Crippen LogP contribution in [0.4, 0.5) is 8.78 Å². The minimum atomic E-state index is -1.44. The predicted octanol–water partition coefficient (Wildman–Crippen LogP) is 3.78. The maximum absolute atomic E-state index is 12.9. The summed E-state index contributed by atoms with van der Waals surface area (Å²) in [6.45, 7) is 0. The maximum atomic E-state index is 12.9. The van der Waals surface area contributed by atoms with Crippen LogP contribution < -0.4 is 0 Å². The second-order valence-corrected chi connectivity index (χ2v) is 6.22. The van der Waals surface area contributed by atoms with Gasteiger partial charge in [-0.05, 0) is 47.2 Å². The van der Waals surface area contributed by atoms with E-state index in [0.29, 0.717) is 9.79 Å². The standard InChI is InChI=1S/C12H8F2OS2/c13-9-3-1-5-11(7-9)16-17(15)12-6-2-4-10(14)8-12/h1-8H. The van der Waals surface area contributed by atoms with E-state index >= 15 is 0 Å². The van der Waals surface area contributed by atoms with Crippen molar-refractivity contribution >= 4 is 20.6 Å². The van der Waals surface area contributed by atoms with Gasteiger partial charge in [-0.15, -0.1) is 0 Å². The molecule has 5 heteroatoms. The first kappa shape index (κ1) is 12.3. The molecule has 0 N–H and O–H groups in total. The van der Waals surface area contributed by atoms with Crippen LogP contribution in [0.25, 0.3) is 0 Å². The molecule has 0 aromatic heterocycles. The van der Waals surface area contributed by atoms with Crippen molar-refractivity contribution in [1.82, 2.24) is 0 Å². The molecule has 0 aliphatic rings. The molecule has 0 spiro atoms. The zero-order valence-corrected chi connectivity index (χ0v) is 10.2. The van der Waals surface area contributed by atoms with E-state index in [4.69, 9.17) is 0 Å². The zero-order valence-electron chi connectivity index (χ0n) is 8.60. The van der Waals surface area contributed by atoms with Gasteiger partial charge in [0, 0.05) is 4.90 Å². The summed E-state index contributed by atoms with van der Waals surface area (Å²) in [4.78, 5) is 0.923. The Hall–Kier alpha value is -1.20. The molecule has 2 aromatic rings. The summed E-state index contributed by atoms with van der Waals surface area (Å²) >= 11 is 0. The molecule has 1 unspecified atom stereocenters. The first-order valence-corrected chi connectivity index (χ1v) is 7.25. The van der Waals surface area contributed by atoms with Crippen LogP contribution in [0.15, 0.2) is 58.3 Å². The summed E-state index contributed by atoms with van der Waals surface area (Å²) in [5, 5.41) is 0. The van der Waals surface area contributed by atoms with Crippen molar-refractivity contribution in [2.24, 2.45) is 0 Å². The first-order chi connectivity index (χ1) is 8.15. The van der Waals surface area contributed by atoms with Crippen molar-refractivity contribution in [3.05, 3.63) is 60.2 Å². The Morgan fingerprint density at radius 2 is 1.59 bits per heavy atom. The van der Waals surface area contributed by atoms with Crippen molar-refractivity contribution in [3.63, 3.8) is 0 Å². The van der Waals surface area contributed by atoms with Gasteiger partial charge in [-0.3, -0.25) is 0 Å². The summed E-state index contributed by atoms with van der Waals surface area (Å²) < 4.78 is 37.7. The summed E-state index contributed by atoms with van der Waals surface area (Å²) in [6, 6.07) is 11.4. The van der Waals surface area contributed by atoms with Crippen LogP contribution in [0.2, 0.25) is 0 Å². The minimum Gasteiger partial charge on any atom is -0.242 e. The molecule has 2 rings (SSSR count). The van der Waals surface area contributed by atoms with Gasteiger partial charge >= 0.3 is 0 Å². The molecule has 0 amide bonds. The third-order valence-electron chi connectivity index (χ3n) is 1.96. The van der Waals surface area contributed by atoms with Crippen LogP contribution in [-0.2, 0) is 9.83 Å². The summed E-state index contributed by atoms with van der Waals surface area (Å²) in [7, 11) is -0.458. The predicted molar refractivity (Wildman–Crippen MR) is 65.1 cm³/mol. The summed E-state index contributed by atoms with van der Waals surface area (Å²) in [5.74, 6) is -0.818. The van der Waals surface area contributed by atoms with Gasteiger partial charge in [0.05, 0.1) is 4.90 Å². The van der Waals surface area contributed by atoms with E-state index in [0.717, 1.165) is 10.8 Å². The van der Waals surface area contributed by atoms with E-state index in [1.807, 2.05) is 0 Å². The van der Waals surface area contributed by atoms with E-state index in [1.54, 1.807) is 18.2 Å². The molecule has 88 valence electrons. The Balaban J connectivity index is 2.17. The quantitative estimate of drug-likeness (QED) is 0.790. The average Bonchev–Trinajstić information content (AvgIpc) is 2.29. The van der Waals surface area contributed by atoms with Crippen molar-refractivity contribution in [2.75, 3.05) is 0 Å². The molecular formula is C12H8F2OS2. The Morgan fingerprint density at radius 3 is 2.24 bits per heavy atom. The van der Waals surface area contributed by atoms with E-state index in [1.165, 1.54) is 30.3 Å². The van der Waals surface area contributed by atoms with Gasteiger partial charge in [0.15, 0.2) is 0 Å². The number of hydrogen-bond acceptors (Lipinski definition) is 2. The van der Waals surface area contributed by atoms with Crippen LogP contribution >= 0.6 is 10.8 Å². The van der Waals surface area contributed by atoms with Gasteiger partial charge in [0.25, 0.3) is 0 Å². The van der Waals surface area contributed by atoms with Crippen LogP contribution in [-0.4, -0.2) is 4.21 Å². The second kappa shape index (κ2) is 5.42. The SMILES string of the molecule is O=S(Sc1cccc(F)c1)c1cccc(F)c1. The Labute approximate surface area is 104 Å². The van der Waals surface area contributed by atoms with E-state index in [-0.39, 0.29) is 5.82 Å². The molecule has 0 heterocycles. The van der Waals surface area contributed by atoms with Crippen LogP contribution in [0.1, 0.15) is 0 Å². The first-order valence-electron chi connectivity index (χ1n) is 4.76. The van der Waals surface area contributed by atoms with E-state index < -0.39 is 15.6 Å². The monoisotopic (exact) mass is 270 g/mol. The van der Waals surface area contributed by atoms with Gasteiger partial charge in [-0.1, -0.05) is 12.1 Å². The topological polar surface area (TPSA) is 17.1 Å². The lowest BCUT2D eigenvalue weighted by Gasteiger charge is -2.02. The van der Waals surface area contributed by atoms with Crippen LogP contribution in [0.3, 0.4) is 0 Å². The molecule has 0 bridgehead atoms. The molecule has 0 aliphatic heterocycles. The third kappa shape index (κ3) is 3.38. The lowest BCUT2D eigenvalue weighted by atomic mass is 10.4. The fourth-order valence-corrected chi connectivity index (χ4v) is 3.62.